The van der Waals surface area contributed by atoms with E-state index in [2.05, 4.69) is 32.6 Å². The first-order chi connectivity index (χ1) is 26.5. The lowest BCUT2D eigenvalue weighted by Crippen LogP contribution is -2.34. The Bertz CT molecular complexity index is 792. The lowest BCUT2D eigenvalue weighted by molar-refractivity contribution is -0.146. The molecule has 1 aliphatic heterocycles. The zero-order valence-corrected chi connectivity index (χ0v) is 37.1. The fourth-order valence-corrected chi connectivity index (χ4v) is 8.71. The average molecular weight is 762 g/mol. The number of rotatable bonds is 40. The van der Waals surface area contributed by atoms with Gasteiger partial charge in [-0.1, -0.05) is 175 Å². The van der Waals surface area contributed by atoms with Crippen molar-refractivity contribution in [2.75, 3.05) is 32.8 Å². The predicted molar refractivity (Wildman–Crippen MR) is 233 cm³/mol. The van der Waals surface area contributed by atoms with Gasteiger partial charge in [0.05, 0.1) is 13.2 Å². The van der Waals surface area contributed by atoms with E-state index in [0.717, 1.165) is 18.8 Å². The molecule has 0 bridgehead atoms. The van der Waals surface area contributed by atoms with Crippen molar-refractivity contribution in [1.82, 2.24) is 4.90 Å². The molecule has 0 aromatic carbocycles. The highest BCUT2D eigenvalue weighted by Gasteiger charge is 2.18. The molecule has 5 heteroatoms. The van der Waals surface area contributed by atoms with Crippen molar-refractivity contribution < 1.29 is 19.1 Å². The maximum absolute atomic E-state index is 12.6. The molecular weight excluding hydrogens is 667 g/mol. The van der Waals surface area contributed by atoms with Gasteiger partial charge in [-0.05, 0) is 95.1 Å². The largest absolute Gasteiger partial charge is 0.466 e. The fraction of sp³-hybridized carbons (Fsp3) is 0.959. The van der Waals surface area contributed by atoms with Crippen molar-refractivity contribution in [3.05, 3.63) is 0 Å². The smallest absolute Gasteiger partial charge is 0.306 e. The van der Waals surface area contributed by atoms with Crippen LogP contribution in [0.15, 0.2) is 0 Å². The summed E-state index contributed by atoms with van der Waals surface area (Å²) in [4.78, 5) is 27.8. The van der Waals surface area contributed by atoms with E-state index in [0.29, 0.717) is 37.9 Å². The van der Waals surface area contributed by atoms with Gasteiger partial charge in [-0.25, -0.2) is 0 Å². The summed E-state index contributed by atoms with van der Waals surface area (Å²) in [6, 6.07) is 0. The van der Waals surface area contributed by atoms with Crippen LogP contribution in [0.1, 0.15) is 252 Å². The minimum Gasteiger partial charge on any atom is -0.466 e. The second-order valence-corrected chi connectivity index (χ2v) is 17.6. The summed E-state index contributed by atoms with van der Waals surface area (Å²) in [5.41, 5.74) is 0. The first kappa shape index (κ1) is 50.9. The third-order valence-electron chi connectivity index (χ3n) is 12.3. The molecule has 0 N–H and O–H groups in total. The number of likely N-dealkylation sites (tertiary alicyclic amines) is 1. The molecule has 320 valence electrons. The number of carbonyl (C=O) groups excluding carboxylic acids is 2. The molecule has 1 saturated heterocycles. The number of hydrogen-bond acceptors (Lipinski definition) is 5. The van der Waals surface area contributed by atoms with E-state index in [9.17, 15) is 9.59 Å². The van der Waals surface area contributed by atoms with Gasteiger partial charge in [-0.3, -0.25) is 9.59 Å². The Morgan fingerprint density at radius 3 is 1.09 bits per heavy atom. The third-order valence-corrected chi connectivity index (χ3v) is 12.3. The van der Waals surface area contributed by atoms with Crippen molar-refractivity contribution in [3.63, 3.8) is 0 Å². The Hall–Kier alpha value is -1.10. The Balaban J connectivity index is 2.18. The summed E-state index contributed by atoms with van der Waals surface area (Å²) in [7, 11) is 0. The summed E-state index contributed by atoms with van der Waals surface area (Å²) in [5, 5.41) is 0. The van der Waals surface area contributed by atoms with Gasteiger partial charge in [-0.2, -0.15) is 0 Å². The van der Waals surface area contributed by atoms with Crippen molar-refractivity contribution >= 4 is 11.9 Å². The quantitative estimate of drug-likeness (QED) is 0.0460. The minimum atomic E-state index is 0.0412. The number of ether oxygens (including phenoxy) is 2. The molecular formula is C49H95NO4. The predicted octanol–water partition coefficient (Wildman–Crippen LogP) is 15.0. The zero-order chi connectivity index (χ0) is 39.2. The second kappa shape index (κ2) is 38.8. The molecule has 1 unspecified atom stereocenters. The lowest BCUT2D eigenvalue weighted by Gasteiger charge is -2.30. The molecule has 1 rings (SSSR count). The second-order valence-electron chi connectivity index (χ2n) is 17.6. The number of esters is 2. The monoisotopic (exact) mass is 762 g/mol. The highest BCUT2D eigenvalue weighted by atomic mass is 16.5. The van der Waals surface area contributed by atoms with E-state index in [1.807, 2.05) is 0 Å². The highest BCUT2D eigenvalue weighted by Crippen LogP contribution is 2.25. The summed E-state index contributed by atoms with van der Waals surface area (Å²) in [6.45, 7) is 14.2. The molecule has 54 heavy (non-hydrogen) atoms. The van der Waals surface area contributed by atoms with E-state index >= 15 is 0 Å². The number of nitrogens with zero attached hydrogens (tertiary/aromatic N) is 1. The van der Waals surface area contributed by atoms with Crippen LogP contribution in [0.25, 0.3) is 0 Å². The van der Waals surface area contributed by atoms with E-state index in [4.69, 9.17) is 9.47 Å². The molecule has 1 fully saturated rings. The molecule has 1 atom stereocenters. The third kappa shape index (κ3) is 32.0. The van der Waals surface area contributed by atoms with Crippen LogP contribution in [0.3, 0.4) is 0 Å². The van der Waals surface area contributed by atoms with Crippen LogP contribution in [0.2, 0.25) is 0 Å². The van der Waals surface area contributed by atoms with Crippen LogP contribution >= 0.6 is 0 Å². The molecule has 0 aromatic heterocycles. The minimum absolute atomic E-state index is 0.0412. The molecule has 0 aliphatic carbocycles. The maximum atomic E-state index is 12.6. The van der Waals surface area contributed by atoms with Crippen LogP contribution < -0.4 is 0 Å². The van der Waals surface area contributed by atoms with Gasteiger partial charge in [0.2, 0.25) is 0 Å². The van der Waals surface area contributed by atoms with Crippen molar-refractivity contribution in [3.8, 4) is 0 Å². The summed E-state index contributed by atoms with van der Waals surface area (Å²) < 4.78 is 11.4. The van der Waals surface area contributed by atoms with E-state index in [1.54, 1.807) is 0 Å². The molecule has 0 amide bonds. The van der Waals surface area contributed by atoms with E-state index < -0.39 is 0 Å². The SMILES string of the molecule is CCCCCC(CCCCC)CC(=O)OCCCCCCCCCC(CCCCCCCOC(=O)CC(CCCCC)CCCCC)CN1CCCCC1. The molecule has 0 aromatic rings. The molecule has 1 heterocycles. The van der Waals surface area contributed by atoms with Gasteiger partial charge >= 0.3 is 11.9 Å². The lowest BCUT2D eigenvalue weighted by atomic mass is 9.92. The molecule has 0 radical (unpaired) electrons. The first-order valence-corrected chi connectivity index (χ1v) is 24.6. The van der Waals surface area contributed by atoms with Crippen LogP contribution in [-0.4, -0.2) is 49.7 Å². The normalized spacial score (nSPS) is 14.3. The zero-order valence-electron chi connectivity index (χ0n) is 37.1. The van der Waals surface area contributed by atoms with Gasteiger partial charge in [-0.15, -0.1) is 0 Å². The topological polar surface area (TPSA) is 55.8 Å². The molecule has 0 saturated carbocycles. The van der Waals surface area contributed by atoms with Crippen LogP contribution in [-0.2, 0) is 19.1 Å². The first-order valence-electron chi connectivity index (χ1n) is 24.6. The molecule has 0 spiro atoms. The van der Waals surface area contributed by atoms with E-state index in [1.165, 1.54) is 219 Å². The van der Waals surface area contributed by atoms with Gasteiger partial charge in [0, 0.05) is 19.4 Å². The highest BCUT2D eigenvalue weighted by molar-refractivity contribution is 5.70. The summed E-state index contributed by atoms with van der Waals surface area (Å²) in [6.07, 6.45) is 43.0. The molecule has 1 aliphatic rings. The maximum Gasteiger partial charge on any atom is 0.306 e. The van der Waals surface area contributed by atoms with Gasteiger partial charge in [0.1, 0.15) is 0 Å². The number of piperidine rings is 1. The van der Waals surface area contributed by atoms with Gasteiger partial charge < -0.3 is 14.4 Å². The van der Waals surface area contributed by atoms with Crippen molar-refractivity contribution in [2.24, 2.45) is 17.8 Å². The summed E-state index contributed by atoms with van der Waals surface area (Å²) in [5.74, 6) is 1.97. The van der Waals surface area contributed by atoms with Crippen molar-refractivity contribution in [1.29, 1.82) is 0 Å². The Morgan fingerprint density at radius 2 is 0.722 bits per heavy atom. The van der Waals surface area contributed by atoms with Gasteiger partial charge in [0.15, 0.2) is 0 Å². The van der Waals surface area contributed by atoms with Crippen LogP contribution in [0, 0.1) is 17.8 Å². The van der Waals surface area contributed by atoms with E-state index in [-0.39, 0.29) is 11.9 Å². The summed E-state index contributed by atoms with van der Waals surface area (Å²) >= 11 is 0. The Morgan fingerprint density at radius 1 is 0.407 bits per heavy atom. The fourth-order valence-electron chi connectivity index (χ4n) is 8.71. The number of unbranched alkanes of at least 4 members (excludes halogenated alkanes) is 18. The number of hydrogen-bond donors (Lipinski definition) is 0. The van der Waals surface area contributed by atoms with Crippen LogP contribution in [0.5, 0.6) is 0 Å². The standard InChI is InChI=1S/C49H95NO4/c1-5-9-22-32-45(33-23-10-6-2)42-48(51)53-40-30-19-15-13-14-17-26-36-47(44-50-38-28-21-29-39-50)37-27-18-16-20-31-41-54-49(52)43-46(34-24-11-7-3)35-25-12-8-4/h45-47H,5-44H2,1-4H3. The Kier molecular flexibility index (Phi) is 36.5. The van der Waals surface area contributed by atoms with Crippen molar-refractivity contribution in [2.45, 2.75) is 252 Å². The van der Waals surface area contributed by atoms with Crippen LogP contribution in [0.4, 0.5) is 0 Å². The van der Waals surface area contributed by atoms with Gasteiger partial charge in [0.25, 0.3) is 0 Å². The molecule has 5 nitrogen and oxygen atoms in total. The average Bonchev–Trinajstić information content (AvgIpc) is 3.17. The number of carbonyl (C=O) groups is 2. The Labute approximate surface area is 338 Å².